The molecule has 1 N–H and O–H groups in total. The van der Waals surface area contributed by atoms with Gasteiger partial charge < -0.3 is 38.3 Å². The third-order valence-corrected chi connectivity index (χ3v) is 5.93. The zero-order valence-electron chi connectivity index (χ0n) is 36.0. The van der Waals surface area contributed by atoms with E-state index in [1.54, 1.807) is 86.5 Å². The van der Waals surface area contributed by atoms with E-state index < -0.39 is 23.9 Å². The fourth-order valence-electron chi connectivity index (χ4n) is 3.10. The van der Waals surface area contributed by atoms with Crippen LogP contribution in [-0.2, 0) is 66.8 Å². The van der Waals surface area contributed by atoms with Gasteiger partial charge in [-0.05, 0) is 43.3 Å². The molecule has 19 nitrogen and oxygen atoms in total. The second kappa shape index (κ2) is 48.5. The van der Waals surface area contributed by atoms with Crippen LogP contribution in [0.4, 0.5) is 0 Å². The number of terminal acetylenes is 1. The fourth-order valence-corrected chi connectivity index (χ4v) is 3.10. The van der Waals surface area contributed by atoms with Crippen LogP contribution in [-0.4, -0.2) is 101 Å². The molecule has 0 aliphatic heterocycles. The first kappa shape index (κ1) is 66.0. The largest absolute Gasteiger partial charge is 0.507 e. The van der Waals surface area contributed by atoms with E-state index in [4.69, 9.17) is 57.0 Å². The summed E-state index contributed by atoms with van der Waals surface area (Å²) in [5.74, 6) is 0.470. The van der Waals surface area contributed by atoms with Crippen molar-refractivity contribution in [3.63, 3.8) is 0 Å². The van der Waals surface area contributed by atoms with Gasteiger partial charge in [-0.25, -0.2) is 19.2 Å². The summed E-state index contributed by atoms with van der Waals surface area (Å²) < 4.78 is 32.2. The standard InChI is InChI=1S/C15H16O5.C11H10O4.C7H6O2.C4H8O2.C4H4O2.CH2Cl2.2CO2/c1-11(15(17)19-3)10-12-6-4-5-7-13(12)20-9-8-14(16)18-2;1-14-11(13)6-7-15-10-5-3-2-4-9(10)8-12;8-5-6-3-1-2-4-7(6)9;2*1-3-4(5)6-2;3*2-1-3/h4-10H,1-3H3;2-8H,1H3;1-5,9H;3H2,1-2H3;1H,2H3;1H2;;/b9-8+,11-10+;7-6+;;;;;;. The molecule has 0 aliphatic carbocycles. The normalized spacial score (nSPS) is 8.77. The van der Waals surface area contributed by atoms with Crippen LogP contribution < -0.4 is 9.47 Å². The van der Waals surface area contributed by atoms with E-state index >= 15 is 0 Å². The molecule has 0 saturated heterocycles. The monoisotopic (exact) mass is 948 g/mol. The van der Waals surface area contributed by atoms with Gasteiger partial charge in [-0.1, -0.05) is 49.4 Å². The van der Waals surface area contributed by atoms with E-state index in [1.807, 2.05) is 6.07 Å². The van der Waals surface area contributed by atoms with E-state index in [1.165, 1.54) is 54.1 Å². The number of methoxy groups -OCH3 is 5. The number of para-hydroxylation sites is 3. The molecular formula is C44H46Cl2O19. The maximum Gasteiger partial charge on any atom is 0.383 e. The van der Waals surface area contributed by atoms with Crippen LogP contribution in [0.15, 0.2) is 103 Å². The van der Waals surface area contributed by atoms with Crippen LogP contribution >= 0.6 is 23.2 Å². The Morgan fingerprint density at radius 2 is 1.02 bits per heavy atom. The Kier molecular flexibility index (Phi) is 49.3. The third kappa shape index (κ3) is 41.0. The summed E-state index contributed by atoms with van der Waals surface area (Å²) in [5, 5.41) is 9.07. The number of phenolic OH excluding ortho intramolecular Hbond substituents is 1. The van der Waals surface area contributed by atoms with Gasteiger partial charge in [0.1, 0.15) is 17.2 Å². The lowest BCUT2D eigenvalue weighted by molar-refractivity contribution is -0.193. The number of ether oxygens (including phenoxy) is 7. The zero-order valence-corrected chi connectivity index (χ0v) is 37.5. The number of hydrogen-bond acceptors (Lipinski definition) is 19. The molecule has 3 aromatic carbocycles. The van der Waals surface area contributed by atoms with Crippen LogP contribution in [0.25, 0.3) is 6.08 Å². The van der Waals surface area contributed by atoms with Crippen LogP contribution in [0.3, 0.4) is 0 Å². The fraction of sp³-hybridized carbons (Fsp3) is 0.205. The number of aldehydes is 2. The molecule has 21 heteroatoms. The average molecular weight is 950 g/mol. The van der Waals surface area contributed by atoms with Gasteiger partial charge in [0.05, 0.1) is 76.7 Å². The predicted octanol–water partition coefficient (Wildman–Crippen LogP) is 5.71. The number of hydrogen-bond donors (Lipinski definition) is 1. The number of halogens is 2. The van der Waals surface area contributed by atoms with Crippen molar-refractivity contribution in [1.29, 1.82) is 0 Å². The van der Waals surface area contributed by atoms with Gasteiger partial charge >= 0.3 is 42.1 Å². The summed E-state index contributed by atoms with van der Waals surface area (Å²) in [6.07, 6.45) is 13.2. The van der Waals surface area contributed by atoms with Crippen molar-refractivity contribution < 1.29 is 91.0 Å². The number of carbonyl (C=O) groups is 7. The predicted molar refractivity (Wildman–Crippen MR) is 231 cm³/mol. The third-order valence-electron chi connectivity index (χ3n) is 5.93. The van der Waals surface area contributed by atoms with Crippen molar-refractivity contribution in [1.82, 2.24) is 0 Å². The quantitative estimate of drug-likeness (QED) is 0.0352. The summed E-state index contributed by atoms with van der Waals surface area (Å²) in [4.78, 5) is 106. The topological polar surface area (TPSA) is 273 Å². The minimum atomic E-state index is -0.630. The molecule has 65 heavy (non-hydrogen) atoms. The van der Waals surface area contributed by atoms with Crippen molar-refractivity contribution in [2.75, 3.05) is 40.9 Å². The van der Waals surface area contributed by atoms with Crippen LogP contribution in [0.5, 0.6) is 17.2 Å². The van der Waals surface area contributed by atoms with Gasteiger partial charge in [0.2, 0.25) is 0 Å². The van der Waals surface area contributed by atoms with Gasteiger partial charge in [-0.3, -0.25) is 14.4 Å². The molecular weight excluding hydrogens is 903 g/mol. The van der Waals surface area contributed by atoms with Crippen molar-refractivity contribution in [2.24, 2.45) is 0 Å². The van der Waals surface area contributed by atoms with E-state index in [9.17, 15) is 33.6 Å². The molecule has 0 spiro atoms. The molecule has 0 bridgehead atoms. The summed E-state index contributed by atoms with van der Waals surface area (Å²) in [7, 11) is 6.49. The van der Waals surface area contributed by atoms with Gasteiger partial charge in [0.15, 0.2) is 12.6 Å². The Labute approximate surface area is 384 Å². The van der Waals surface area contributed by atoms with Crippen LogP contribution in [0.2, 0.25) is 0 Å². The highest BCUT2D eigenvalue weighted by atomic mass is 35.5. The van der Waals surface area contributed by atoms with E-state index in [0.29, 0.717) is 52.8 Å². The summed E-state index contributed by atoms with van der Waals surface area (Å²) in [5.41, 5.74) is 1.90. The molecule has 0 fully saturated rings. The second-order valence-electron chi connectivity index (χ2n) is 9.91. The summed E-state index contributed by atoms with van der Waals surface area (Å²) in [6.45, 7) is 3.40. The van der Waals surface area contributed by atoms with Gasteiger partial charge in [-0.15, -0.1) is 29.6 Å². The molecule has 0 radical (unpaired) electrons. The maximum absolute atomic E-state index is 11.4. The molecule has 0 amide bonds. The van der Waals surface area contributed by atoms with E-state index in [-0.39, 0.29) is 29.4 Å². The van der Waals surface area contributed by atoms with E-state index in [2.05, 4.69) is 30.1 Å². The Morgan fingerprint density at radius 3 is 1.31 bits per heavy atom. The van der Waals surface area contributed by atoms with Crippen molar-refractivity contribution in [2.45, 2.75) is 20.3 Å². The molecule has 3 rings (SSSR count). The number of phenols is 1. The maximum atomic E-state index is 11.4. The Morgan fingerprint density at radius 1 is 0.631 bits per heavy atom. The molecule has 0 unspecified atom stereocenters. The minimum absolute atomic E-state index is 0.0347. The lowest BCUT2D eigenvalue weighted by Crippen LogP contribution is -2.01. The van der Waals surface area contributed by atoms with Crippen LogP contribution in [0, 0.1) is 12.3 Å². The molecule has 350 valence electrons. The Balaban J connectivity index is -0.000000234. The number of esters is 5. The highest BCUT2D eigenvalue weighted by Crippen LogP contribution is 2.21. The first-order chi connectivity index (χ1) is 31.1. The molecule has 0 aromatic heterocycles. The molecule has 0 aliphatic rings. The van der Waals surface area contributed by atoms with E-state index in [0.717, 1.165) is 12.2 Å². The number of carbonyl (C=O) groups excluding carboxylic acids is 11. The number of alkyl halides is 2. The van der Waals surface area contributed by atoms with Crippen molar-refractivity contribution in [3.05, 3.63) is 120 Å². The highest BCUT2D eigenvalue weighted by Gasteiger charge is 2.06. The number of rotatable bonds is 11. The van der Waals surface area contributed by atoms with Crippen LogP contribution in [0.1, 0.15) is 46.5 Å². The molecule has 0 heterocycles. The first-order valence-corrected chi connectivity index (χ1v) is 18.3. The number of aromatic hydroxyl groups is 1. The summed E-state index contributed by atoms with van der Waals surface area (Å²) >= 11 is 9.53. The smallest absolute Gasteiger partial charge is 0.383 e. The minimum Gasteiger partial charge on any atom is -0.507 e. The Bertz CT molecular complexity index is 2040. The molecule has 3 aromatic rings. The summed E-state index contributed by atoms with van der Waals surface area (Å²) in [6, 6.07) is 20.2. The SMILES string of the molecule is C#CC(=O)OC.CCC(=O)OC.COC(=O)/C=C/Oc1ccccc1/C=C(\C)C(=O)OC.COC(=O)/C=C/Oc1ccccc1C=O.ClCCl.O=C=O.O=C=O.O=Cc1ccccc1O. The second-order valence-corrected chi connectivity index (χ2v) is 10.7. The average Bonchev–Trinajstić information content (AvgIpc) is 3.32. The van der Waals surface area contributed by atoms with Crippen molar-refractivity contribution in [3.8, 4) is 29.6 Å². The Hall–Kier alpha value is -8.13. The number of benzene rings is 3. The van der Waals surface area contributed by atoms with Gasteiger partial charge in [0.25, 0.3) is 0 Å². The highest BCUT2D eigenvalue weighted by molar-refractivity contribution is 6.40. The lowest BCUT2D eigenvalue weighted by atomic mass is 10.1. The van der Waals surface area contributed by atoms with Gasteiger partial charge in [-0.2, -0.15) is 19.2 Å². The first-order valence-electron chi connectivity index (χ1n) is 17.2. The van der Waals surface area contributed by atoms with Crippen molar-refractivity contribution >= 4 is 84.0 Å². The lowest BCUT2D eigenvalue weighted by Gasteiger charge is -2.05. The van der Waals surface area contributed by atoms with Gasteiger partial charge in [0, 0.05) is 23.5 Å². The zero-order chi connectivity index (χ0) is 50.8. The molecule has 0 atom stereocenters. The molecule has 0 saturated carbocycles.